The standard InChI is InChI=1S/C12H13FO2S/c13-10-3-1-9(2-4-10)12(14)5-6-16-11-7-15-8-11/h1-4,11H,5-8H2. The first kappa shape index (κ1) is 11.6. The van der Waals surface area contributed by atoms with Crippen LogP contribution in [-0.2, 0) is 4.74 Å². The van der Waals surface area contributed by atoms with Gasteiger partial charge in [0.25, 0.3) is 0 Å². The number of ketones is 1. The van der Waals surface area contributed by atoms with Gasteiger partial charge in [0.05, 0.1) is 18.5 Å². The molecule has 0 spiro atoms. The highest BCUT2D eigenvalue weighted by Crippen LogP contribution is 2.20. The fourth-order valence-corrected chi connectivity index (χ4v) is 2.43. The number of benzene rings is 1. The molecule has 0 saturated carbocycles. The van der Waals surface area contributed by atoms with Crippen LogP contribution >= 0.6 is 11.8 Å². The number of hydrogen-bond acceptors (Lipinski definition) is 3. The third-order valence-corrected chi connectivity index (χ3v) is 3.64. The third-order valence-electron chi connectivity index (χ3n) is 2.46. The van der Waals surface area contributed by atoms with Gasteiger partial charge in [0, 0.05) is 17.7 Å². The topological polar surface area (TPSA) is 26.3 Å². The number of Topliss-reactive ketones (excluding diaryl/α,β-unsaturated/α-hetero) is 1. The average molecular weight is 240 g/mol. The molecule has 1 aromatic rings. The highest BCUT2D eigenvalue weighted by molar-refractivity contribution is 8.00. The molecule has 1 aliphatic heterocycles. The molecule has 16 heavy (non-hydrogen) atoms. The molecule has 0 unspecified atom stereocenters. The molecule has 2 rings (SSSR count). The summed E-state index contributed by atoms with van der Waals surface area (Å²) in [6.45, 7) is 1.60. The molecule has 2 nitrogen and oxygen atoms in total. The summed E-state index contributed by atoms with van der Waals surface area (Å²) in [4.78, 5) is 11.7. The quantitative estimate of drug-likeness (QED) is 0.740. The Balaban J connectivity index is 1.76. The van der Waals surface area contributed by atoms with Crippen molar-refractivity contribution in [1.29, 1.82) is 0 Å². The van der Waals surface area contributed by atoms with Crippen LogP contribution < -0.4 is 0 Å². The van der Waals surface area contributed by atoms with Crippen molar-refractivity contribution < 1.29 is 13.9 Å². The molecule has 0 atom stereocenters. The van der Waals surface area contributed by atoms with Crippen LogP contribution in [0, 0.1) is 5.82 Å². The molecule has 1 heterocycles. The first-order chi connectivity index (χ1) is 7.75. The van der Waals surface area contributed by atoms with Crippen molar-refractivity contribution in [3.05, 3.63) is 35.6 Å². The van der Waals surface area contributed by atoms with E-state index >= 15 is 0 Å². The lowest BCUT2D eigenvalue weighted by atomic mass is 10.1. The van der Waals surface area contributed by atoms with Crippen molar-refractivity contribution in [3.63, 3.8) is 0 Å². The normalized spacial score (nSPS) is 15.8. The van der Waals surface area contributed by atoms with Crippen LogP contribution in [0.1, 0.15) is 16.8 Å². The lowest BCUT2D eigenvalue weighted by Crippen LogP contribution is -2.30. The van der Waals surface area contributed by atoms with E-state index in [1.807, 2.05) is 0 Å². The van der Waals surface area contributed by atoms with E-state index in [2.05, 4.69) is 0 Å². The van der Waals surface area contributed by atoms with Crippen molar-refractivity contribution in [1.82, 2.24) is 0 Å². The molecule has 0 aromatic heterocycles. The summed E-state index contributed by atoms with van der Waals surface area (Å²) in [5.74, 6) is 0.579. The van der Waals surface area contributed by atoms with E-state index in [4.69, 9.17) is 4.74 Å². The van der Waals surface area contributed by atoms with E-state index in [0.717, 1.165) is 19.0 Å². The molecule has 0 aliphatic carbocycles. The number of rotatable bonds is 5. The van der Waals surface area contributed by atoms with Crippen LogP contribution in [0.25, 0.3) is 0 Å². The minimum atomic E-state index is -0.308. The minimum absolute atomic E-state index is 0.0766. The van der Waals surface area contributed by atoms with Crippen LogP contribution in [0.2, 0.25) is 0 Å². The molecule has 1 fully saturated rings. The van der Waals surface area contributed by atoms with Crippen LogP contribution in [-0.4, -0.2) is 30.0 Å². The van der Waals surface area contributed by atoms with Gasteiger partial charge in [-0.15, -0.1) is 0 Å². The zero-order chi connectivity index (χ0) is 11.4. The number of carbonyl (C=O) groups is 1. The number of ether oxygens (including phenoxy) is 1. The van der Waals surface area contributed by atoms with E-state index in [1.165, 1.54) is 24.3 Å². The summed E-state index contributed by atoms with van der Waals surface area (Å²) in [5, 5.41) is 0.556. The van der Waals surface area contributed by atoms with Crippen LogP contribution in [0.4, 0.5) is 4.39 Å². The van der Waals surface area contributed by atoms with Crippen molar-refractivity contribution >= 4 is 17.5 Å². The highest BCUT2D eigenvalue weighted by atomic mass is 32.2. The maximum atomic E-state index is 12.6. The van der Waals surface area contributed by atoms with Gasteiger partial charge in [-0.25, -0.2) is 4.39 Å². The van der Waals surface area contributed by atoms with Gasteiger partial charge in [-0.05, 0) is 24.3 Å². The zero-order valence-corrected chi connectivity index (χ0v) is 9.63. The summed E-state index contributed by atoms with van der Waals surface area (Å²) in [7, 11) is 0. The van der Waals surface area contributed by atoms with E-state index in [1.54, 1.807) is 11.8 Å². The Bertz CT molecular complexity index is 360. The van der Waals surface area contributed by atoms with E-state index in [9.17, 15) is 9.18 Å². The van der Waals surface area contributed by atoms with Gasteiger partial charge in [-0.2, -0.15) is 11.8 Å². The summed E-state index contributed by atoms with van der Waals surface area (Å²) < 4.78 is 17.7. The van der Waals surface area contributed by atoms with Gasteiger partial charge in [0.1, 0.15) is 5.82 Å². The molecule has 1 aliphatic rings. The SMILES string of the molecule is O=C(CCSC1COC1)c1ccc(F)cc1. The number of halogens is 1. The second-order valence-corrected chi connectivity index (χ2v) is 5.12. The Hall–Kier alpha value is -0.870. The Morgan fingerprint density at radius 3 is 2.62 bits per heavy atom. The van der Waals surface area contributed by atoms with Crippen molar-refractivity contribution in [2.24, 2.45) is 0 Å². The largest absolute Gasteiger partial charge is 0.379 e. The van der Waals surface area contributed by atoms with Crippen molar-refractivity contribution in [2.45, 2.75) is 11.7 Å². The Kier molecular flexibility index (Phi) is 3.96. The molecular formula is C12H13FO2S. The first-order valence-electron chi connectivity index (χ1n) is 5.24. The van der Waals surface area contributed by atoms with Crippen LogP contribution in [0.5, 0.6) is 0 Å². The smallest absolute Gasteiger partial charge is 0.163 e. The van der Waals surface area contributed by atoms with Crippen molar-refractivity contribution in [2.75, 3.05) is 19.0 Å². The van der Waals surface area contributed by atoms with Crippen LogP contribution in [0.15, 0.2) is 24.3 Å². The predicted octanol–water partition coefficient (Wildman–Crippen LogP) is 2.53. The van der Waals surface area contributed by atoms with Crippen LogP contribution in [0.3, 0.4) is 0 Å². The van der Waals surface area contributed by atoms with Gasteiger partial charge >= 0.3 is 0 Å². The maximum Gasteiger partial charge on any atom is 0.163 e. The molecule has 4 heteroatoms. The van der Waals surface area contributed by atoms with E-state index in [-0.39, 0.29) is 11.6 Å². The number of hydrogen-bond donors (Lipinski definition) is 0. The molecule has 0 radical (unpaired) electrons. The lowest BCUT2D eigenvalue weighted by molar-refractivity contribution is 0.0455. The monoisotopic (exact) mass is 240 g/mol. The fraction of sp³-hybridized carbons (Fsp3) is 0.417. The Labute approximate surface area is 98.2 Å². The van der Waals surface area contributed by atoms with E-state index in [0.29, 0.717) is 17.2 Å². The molecule has 86 valence electrons. The summed E-state index contributed by atoms with van der Waals surface area (Å²) in [6, 6.07) is 5.71. The Morgan fingerprint density at radius 2 is 2.06 bits per heavy atom. The van der Waals surface area contributed by atoms with Gasteiger partial charge in [-0.1, -0.05) is 0 Å². The second-order valence-electron chi connectivity index (χ2n) is 3.71. The Morgan fingerprint density at radius 1 is 1.38 bits per heavy atom. The third kappa shape index (κ3) is 3.06. The van der Waals surface area contributed by atoms with Gasteiger partial charge in [0.15, 0.2) is 5.78 Å². The van der Waals surface area contributed by atoms with Crippen molar-refractivity contribution in [3.8, 4) is 0 Å². The van der Waals surface area contributed by atoms with Gasteiger partial charge in [0.2, 0.25) is 0 Å². The summed E-state index contributed by atoms with van der Waals surface area (Å²) in [5.41, 5.74) is 0.590. The lowest BCUT2D eigenvalue weighted by Gasteiger charge is -2.24. The average Bonchev–Trinajstić information content (AvgIpc) is 2.22. The molecular weight excluding hydrogens is 227 g/mol. The van der Waals surface area contributed by atoms with Gasteiger partial charge < -0.3 is 4.74 Å². The predicted molar refractivity (Wildman–Crippen MR) is 62.4 cm³/mol. The maximum absolute atomic E-state index is 12.6. The fourth-order valence-electron chi connectivity index (χ4n) is 1.41. The number of thioether (sulfide) groups is 1. The summed E-state index contributed by atoms with van der Waals surface area (Å²) >= 11 is 1.77. The molecule has 0 N–H and O–H groups in total. The number of carbonyl (C=O) groups excluding carboxylic acids is 1. The highest BCUT2D eigenvalue weighted by Gasteiger charge is 2.18. The molecule has 1 saturated heterocycles. The molecule has 0 amide bonds. The first-order valence-corrected chi connectivity index (χ1v) is 6.29. The van der Waals surface area contributed by atoms with E-state index < -0.39 is 0 Å². The second kappa shape index (κ2) is 5.46. The van der Waals surface area contributed by atoms with Gasteiger partial charge in [-0.3, -0.25) is 4.79 Å². The zero-order valence-electron chi connectivity index (χ0n) is 8.82. The molecule has 1 aromatic carbocycles. The summed E-state index contributed by atoms with van der Waals surface area (Å²) in [6.07, 6.45) is 0.507. The molecule has 0 bridgehead atoms. The minimum Gasteiger partial charge on any atom is -0.379 e.